The Morgan fingerprint density at radius 3 is 2.38 bits per heavy atom. The summed E-state index contributed by atoms with van der Waals surface area (Å²) in [6.45, 7) is 14.9. The molecule has 1 saturated heterocycles. The molecule has 4 nitrogen and oxygen atoms in total. The molecular weight excluding hydrogens is 444 g/mol. The number of rotatable bonds is 12. The van der Waals surface area contributed by atoms with E-state index in [2.05, 4.69) is 6.92 Å². The molecule has 196 valence electrons. The van der Waals surface area contributed by atoms with Crippen molar-refractivity contribution < 1.29 is 19.1 Å². The Morgan fingerprint density at radius 1 is 1.06 bits per heavy atom. The van der Waals surface area contributed by atoms with Gasteiger partial charge in [-0.15, -0.1) is 0 Å². The van der Waals surface area contributed by atoms with Crippen molar-refractivity contribution in [3.8, 4) is 5.75 Å². The average Bonchev–Trinajstić information content (AvgIpc) is 3.39. The molecule has 1 unspecified atom stereocenters. The van der Waals surface area contributed by atoms with Gasteiger partial charge in [-0.25, -0.2) is 0 Å². The Kier molecular flexibility index (Phi) is 26.2. The van der Waals surface area contributed by atoms with Gasteiger partial charge in [-0.3, -0.25) is 9.59 Å². The molecule has 0 radical (unpaired) electrons. The highest BCUT2D eigenvalue weighted by Crippen LogP contribution is 2.26. The molecule has 1 aliphatic rings. The maximum absolute atomic E-state index is 11.6. The lowest BCUT2D eigenvalue weighted by Gasteiger charge is -2.04. The third-order valence-corrected chi connectivity index (χ3v) is 5.88. The zero-order chi connectivity index (χ0) is 26.0. The topological polar surface area (TPSA) is 52.6 Å². The molecule has 0 aromatic heterocycles. The summed E-state index contributed by atoms with van der Waals surface area (Å²) in [6, 6.07) is 7.74. The average molecular weight is 495 g/mol. The maximum Gasteiger partial charge on any atom is 0.305 e. The summed E-state index contributed by atoms with van der Waals surface area (Å²) in [5, 5.41) is 0.521. The van der Waals surface area contributed by atoms with E-state index in [1.165, 1.54) is 31.4 Å². The first-order valence-electron chi connectivity index (χ1n) is 13.2. The Labute approximate surface area is 214 Å². The minimum atomic E-state index is -0.0343. The molecule has 1 fully saturated rings. The number of unbranched alkanes of at least 4 members (excludes halogenated alkanes) is 3. The Bertz CT molecular complexity index is 637. The van der Waals surface area contributed by atoms with Gasteiger partial charge in [-0.05, 0) is 62.1 Å². The standard InChI is InChI=1S/C15H18O2S.C10H20O2.2C2H6/c1-12-4-2-5-14(10-12)17-11-13(16)7-8-15-6-3-9-18-15;1-3-5-6-7-8-10(11)12-9-4-2;2*1-2/h2,4-5,7-8,10,15H,3,6,9,11H2,1H3;3-9H2,1-2H3;2*1-2H3/b8-7+;;;. The van der Waals surface area contributed by atoms with Gasteiger partial charge in [0.05, 0.1) is 6.61 Å². The van der Waals surface area contributed by atoms with E-state index >= 15 is 0 Å². The number of aryl methyl sites for hydroxylation is 1. The smallest absolute Gasteiger partial charge is 0.305 e. The lowest BCUT2D eigenvalue weighted by atomic mass is 10.2. The van der Waals surface area contributed by atoms with Crippen LogP contribution in [0.1, 0.15) is 98.5 Å². The van der Waals surface area contributed by atoms with Gasteiger partial charge in [0.1, 0.15) is 5.75 Å². The first-order valence-corrected chi connectivity index (χ1v) is 14.3. The second kappa shape index (κ2) is 25.9. The number of benzene rings is 1. The Balaban J connectivity index is 0. The summed E-state index contributed by atoms with van der Waals surface area (Å²) in [7, 11) is 0. The van der Waals surface area contributed by atoms with Gasteiger partial charge in [-0.2, -0.15) is 11.8 Å². The van der Waals surface area contributed by atoms with E-state index in [9.17, 15) is 9.59 Å². The molecule has 0 N–H and O–H groups in total. The van der Waals surface area contributed by atoms with Gasteiger partial charge in [-0.1, -0.05) is 79.0 Å². The lowest BCUT2D eigenvalue weighted by molar-refractivity contribution is -0.143. The minimum absolute atomic E-state index is 0.0315. The Morgan fingerprint density at radius 2 is 1.79 bits per heavy atom. The van der Waals surface area contributed by atoms with E-state index in [4.69, 9.17) is 9.47 Å². The molecule has 1 aromatic rings. The van der Waals surface area contributed by atoms with Crippen LogP contribution >= 0.6 is 11.8 Å². The molecule has 0 aliphatic carbocycles. The Hall–Kier alpha value is -1.75. The lowest BCUT2D eigenvalue weighted by Crippen LogP contribution is -2.09. The highest BCUT2D eigenvalue weighted by Gasteiger charge is 2.12. The molecule has 1 aliphatic heterocycles. The van der Waals surface area contributed by atoms with Crippen molar-refractivity contribution in [3.63, 3.8) is 0 Å². The summed E-state index contributed by atoms with van der Waals surface area (Å²) < 4.78 is 10.4. The SMILES string of the molecule is CC.CC.CCCCCCC(=O)OCCC.Cc1cccc(OCC(=O)/C=C/C2CCCS2)c1. The van der Waals surface area contributed by atoms with Crippen LogP contribution in [0.2, 0.25) is 0 Å². The molecule has 0 saturated carbocycles. The third-order valence-electron chi connectivity index (χ3n) is 4.53. The maximum atomic E-state index is 11.6. The molecule has 5 heteroatoms. The summed E-state index contributed by atoms with van der Waals surface area (Å²) in [6.07, 6.45) is 12.2. The number of ketones is 1. The normalized spacial score (nSPS) is 14.0. The number of thioether (sulfide) groups is 1. The molecule has 0 spiro atoms. The number of hydrogen-bond donors (Lipinski definition) is 0. The molecule has 1 atom stereocenters. The highest BCUT2D eigenvalue weighted by atomic mass is 32.2. The van der Waals surface area contributed by atoms with Crippen molar-refractivity contribution in [2.24, 2.45) is 0 Å². The van der Waals surface area contributed by atoms with Crippen LogP contribution in [0.3, 0.4) is 0 Å². The number of carbonyl (C=O) groups excluding carboxylic acids is 2. The summed E-state index contributed by atoms with van der Waals surface area (Å²) >= 11 is 1.92. The quantitative estimate of drug-likeness (QED) is 0.166. The fraction of sp³-hybridized carbons (Fsp3) is 0.655. The molecule has 0 bridgehead atoms. The van der Waals surface area contributed by atoms with Gasteiger partial charge >= 0.3 is 5.97 Å². The number of esters is 1. The van der Waals surface area contributed by atoms with Crippen LogP contribution in [0, 0.1) is 6.92 Å². The van der Waals surface area contributed by atoms with Crippen LogP contribution in [0.25, 0.3) is 0 Å². The van der Waals surface area contributed by atoms with Gasteiger partial charge in [0.15, 0.2) is 12.4 Å². The molecule has 34 heavy (non-hydrogen) atoms. The first-order chi connectivity index (χ1) is 16.5. The highest BCUT2D eigenvalue weighted by molar-refractivity contribution is 8.00. The van der Waals surface area contributed by atoms with Crippen LogP contribution in [-0.4, -0.2) is 36.0 Å². The van der Waals surface area contributed by atoms with Crippen molar-refractivity contribution in [1.29, 1.82) is 0 Å². The number of ether oxygens (including phenoxy) is 2. The van der Waals surface area contributed by atoms with Crippen LogP contribution in [0.4, 0.5) is 0 Å². The molecular formula is C29H50O4S. The van der Waals surface area contributed by atoms with E-state index in [1.54, 1.807) is 6.08 Å². The van der Waals surface area contributed by atoms with E-state index < -0.39 is 0 Å². The van der Waals surface area contributed by atoms with Crippen molar-refractivity contribution >= 4 is 23.5 Å². The largest absolute Gasteiger partial charge is 0.485 e. The molecule has 0 amide bonds. The fourth-order valence-electron chi connectivity index (χ4n) is 2.86. The van der Waals surface area contributed by atoms with Crippen molar-refractivity contribution in [1.82, 2.24) is 0 Å². The second-order valence-corrected chi connectivity index (χ2v) is 8.86. The predicted octanol–water partition coefficient (Wildman–Crippen LogP) is 8.36. The van der Waals surface area contributed by atoms with Crippen LogP contribution in [-0.2, 0) is 14.3 Å². The third kappa shape index (κ3) is 20.8. The van der Waals surface area contributed by atoms with Crippen molar-refractivity contribution in [2.75, 3.05) is 19.0 Å². The van der Waals surface area contributed by atoms with E-state index in [0.29, 0.717) is 18.3 Å². The van der Waals surface area contributed by atoms with Crippen LogP contribution in [0.15, 0.2) is 36.4 Å². The van der Waals surface area contributed by atoms with E-state index in [0.717, 1.165) is 30.6 Å². The van der Waals surface area contributed by atoms with Gasteiger partial charge < -0.3 is 9.47 Å². The van der Waals surface area contributed by atoms with Gasteiger partial charge in [0.2, 0.25) is 0 Å². The zero-order valence-electron chi connectivity index (χ0n) is 22.9. The molecule has 2 rings (SSSR count). The van der Waals surface area contributed by atoms with Crippen molar-refractivity contribution in [2.45, 2.75) is 105 Å². The first kappa shape index (κ1) is 34.4. The van der Waals surface area contributed by atoms with Crippen LogP contribution < -0.4 is 4.74 Å². The minimum Gasteiger partial charge on any atom is -0.485 e. The molecule has 1 heterocycles. The number of carbonyl (C=O) groups is 2. The monoisotopic (exact) mass is 494 g/mol. The summed E-state index contributed by atoms with van der Waals surface area (Å²) in [4.78, 5) is 22.6. The zero-order valence-corrected chi connectivity index (χ0v) is 23.7. The van der Waals surface area contributed by atoms with Gasteiger partial charge in [0.25, 0.3) is 0 Å². The molecule has 1 aromatic carbocycles. The second-order valence-electron chi connectivity index (χ2n) is 7.51. The van der Waals surface area contributed by atoms with E-state index in [-0.39, 0.29) is 18.4 Å². The van der Waals surface area contributed by atoms with Crippen molar-refractivity contribution in [3.05, 3.63) is 42.0 Å². The predicted molar refractivity (Wildman–Crippen MR) is 149 cm³/mol. The van der Waals surface area contributed by atoms with Crippen LogP contribution in [0.5, 0.6) is 5.75 Å². The van der Waals surface area contributed by atoms with E-state index in [1.807, 2.05) is 83.6 Å². The van der Waals surface area contributed by atoms with Gasteiger partial charge in [0, 0.05) is 11.7 Å². The summed E-state index contributed by atoms with van der Waals surface area (Å²) in [5.74, 6) is 1.96. The summed E-state index contributed by atoms with van der Waals surface area (Å²) in [5.41, 5.74) is 1.14. The fourth-order valence-corrected chi connectivity index (χ4v) is 4.02. The number of hydrogen-bond acceptors (Lipinski definition) is 5.